The number of carbonyl (C=O) groups is 1. The lowest BCUT2D eigenvalue weighted by atomic mass is 10.4. The second-order valence-corrected chi connectivity index (χ2v) is 4.11. The highest BCUT2D eigenvalue weighted by atomic mass is 32.2. The number of hydrogen-bond donors (Lipinski definition) is 2. The fourth-order valence-corrected chi connectivity index (χ4v) is 1.59. The Balaban J connectivity index is 4.58. The summed E-state index contributed by atoms with van der Waals surface area (Å²) in [4.78, 5) is 11.3. The smallest absolute Gasteiger partial charge is 0.306 e. The quantitative estimate of drug-likeness (QED) is 0.575. The van der Waals surface area contributed by atoms with Crippen LogP contribution in [0.1, 0.15) is 6.42 Å². The van der Waals surface area contributed by atoms with Crippen LogP contribution < -0.4 is 0 Å². The number of carboxylic acid groups (broad SMARTS) is 1. The Morgan fingerprint density at radius 1 is 1.50 bits per heavy atom. The van der Waals surface area contributed by atoms with Crippen LogP contribution in [-0.2, 0) is 14.9 Å². The van der Waals surface area contributed by atoms with Gasteiger partial charge in [-0.2, -0.15) is 8.42 Å². The van der Waals surface area contributed by atoms with Crippen molar-refractivity contribution in [2.24, 2.45) is 0 Å². The lowest BCUT2D eigenvalue weighted by Gasteiger charge is -2.18. The van der Waals surface area contributed by atoms with Crippen molar-refractivity contribution in [2.45, 2.75) is 11.8 Å². The van der Waals surface area contributed by atoms with Crippen LogP contribution in [-0.4, -0.2) is 48.4 Å². The first-order valence-corrected chi connectivity index (χ1v) is 4.60. The molecule has 1 atom stereocenters. The van der Waals surface area contributed by atoms with Crippen molar-refractivity contribution in [1.29, 1.82) is 0 Å². The van der Waals surface area contributed by atoms with Crippen LogP contribution in [0.15, 0.2) is 0 Å². The first-order chi connectivity index (χ1) is 5.25. The Bertz CT molecular complexity index is 257. The summed E-state index contributed by atoms with van der Waals surface area (Å²) in [7, 11) is -1.56. The van der Waals surface area contributed by atoms with E-state index < -0.39 is 27.9 Å². The van der Waals surface area contributed by atoms with Gasteiger partial charge in [0.2, 0.25) is 0 Å². The third-order valence-electron chi connectivity index (χ3n) is 1.27. The number of hydrogen-bond acceptors (Lipinski definition) is 4. The molecule has 0 aromatic rings. The molecule has 2 N–H and O–H groups in total. The molecule has 0 bridgehead atoms. The molecule has 7 heteroatoms. The minimum Gasteiger partial charge on any atom is -0.481 e. The molecule has 0 heterocycles. The van der Waals surface area contributed by atoms with E-state index >= 15 is 0 Å². The van der Waals surface area contributed by atoms with Crippen LogP contribution in [0.5, 0.6) is 0 Å². The lowest BCUT2D eigenvalue weighted by molar-refractivity contribution is -0.137. The Labute approximate surface area is 70.5 Å². The molecule has 0 aliphatic rings. The van der Waals surface area contributed by atoms with E-state index in [9.17, 15) is 13.2 Å². The van der Waals surface area contributed by atoms with Crippen molar-refractivity contribution in [3.05, 3.63) is 0 Å². The molecule has 12 heavy (non-hydrogen) atoms. The fourth-order valence-electron chi connectivity index (χ4n) is 0.704. The third kappa shape index (κ3) is 3.65. The van der Waals surface area contributed by atoms with E-state index in [2.05, 4.69) is 0 Å². The van der Waals surface area contributed by atoms with Gasteiger partial charge in [0, 0.05) is 0 Å². The zero-order chi connectivity index (χ0) is 9.94. The summed E-state index contributed by atoms with van der Waals surface area (Å²) in [5.41, 5.74) is 0. The molecule has 0 spiro atoms. The molecule has 6 nitrogen and oxygen atoms in total. The molecule has 0 aromatic heterocycles. The maximum atomic E-state index is 10.6. The molecule has 0 saturated heterocycles. The van der Waals surface area contributed by atoms with Crippen molar-refractivity contribution < 1.29 is 22.9 Å². The van der Waals surface area contributed by atoms with Crippen LogP contribution in [0, 0.1) is 0 Å². The minimum absolute atomic E-state index is 0.633. The van der Waals surface area contributed by atoms with Gasteiger partial charge >= 0.3 is 5.97 Å². The molecule has 0 amide bonds. The SMILES string of the molecule is CN(C)C(CC(=O)O)S(=O)(=O)O. The molecule has 0 radical (unpaired) electrons. The number of rotatable bonds is 4. The van der Waals surface area contributed by atoms with Crippen molar-refractivity contribution >= 4 is 16.1 Å². The van der Waals surface area contributed by atoms with Crippen LogP contribution in [0.4, 0.5) is 0 Å². The maximum absolute atomic E-state index is 10.6. The summed E-state index contributed by atoms with van der Waals surface area (Å²) in [6, 6.07) is 0. The highest BCUT2D eigenvalue weighted by molar-refractivity contribution is 7.86. The van der Waals surface area contributed by atoms with E-state index in [1.54, 1.807) is 0 Å². The number of nitrogens with zero attached hydrogens (tertiary/aromatic N) is 1. The van der Waals surface area contributed by atoms with Gasteiger partial charge in [-0.05, 0) is 14.1 Å². The van der Waals surface area contributed by atoms with Crippen molar-refractivity contribution in [3.63, 3.8) is 0 Å². The summed E-state index contributed by atoms with van der Waals surface area (Å²) in [5.74, 6) is -1.27. The predicted octanol–water partition coefficient (Wildman–Crippen LogP) is -0.763. The highest BCUT2D eigenvalue weighted by Crippen LogP contribution is 2.06. The second-order valence-electron chi connectivity index (χ2n) is 2.53. The molecular weight excluding hydrogens is 186 g/mol. The monoisotopic (exact) mass is 197 g/mol. The van der Waals surface area contributed by atoms with Crippen molar-refractivity contribution in [2.75, 3.05) is 14.1 Å². The Hall–Kier alpha value is -0.660. The summed E-state index contributed by atoms with van der Waals surface area (Å²) in [6.45, 7) is 0. The van der Waals surface area contributed by atoms with E-state index in [0.717, 1.165) is 4.90 Å². The molecule has 0 rings (SSSR count). The van der Waals surface area contributed by atoms with Gasteiger partial charge in [-0.1, -0.05) is 0 Å². The van der Waals surface area contributed by atoms with Crippen LogP contribution in [0.2, 0.25) is 0 Å². The average Bonchev–Trinajstić information content (AvgIpc) is 1.79. The van der Waals surface area contributed by atoms with Crippen molar-refractivity contribution in [1.82, 2.24) is 4.90 Å². The van der Waals surface area contributed by atoms with Gasteiger partial charge in [0.1, 0.15) is 5.37 Å². The summed E-state index contributed by atoms with van der Waals surface area (Å²) >= 11 is 0. The minimum atomic E-state index is -4.31. The standard InChI is InChI=1S/C5H11NO5S/c1-6(2)4(3-5(7)8)12(9,10)11/h4H,3H2,1-2H3,(H,7,8)(H,9,10,11). The molecule has 0 aliphatic carbocycles. The predicted molar refractivity (Wildman–Crippen MR) is 41.3 cm³/mol. The molecule has 0 saturated carbocycles. The molecule has 1 unspecified atom stereocenters. The fraction of sp³-hybridized carbons (Fsp3) is 0.800. The van der Waals surface area contributed by atoms with E-state index in [1.807, 2.05) is 0 Å². The zero-order valence-corrected chi connectivity index (χ0v) is 7.58. The zero-order valence-electron chi connectivity index (χ0n) is 6.76. The van der Waals surface area contributed by atoms with Gasteiger partial charge in [0.05, 0.1) is 6.42 Å². The first kappa shape index (κ1) is 11.3. The van der Waals surface area contributed by atoms with Gasteiger partial charge in [-0.3, -0.25) is 14.2 Å². The molecule has 0 aliphatic heterocycles. The van der Waals surface area contributed by atoms with Gasteiger partial charge in [0.25, 0.3) is 10.1 Å². The van der Waals surface area contributed by atoms with Crippen molar-refractivity contribution in [3.8, 4) is 0 Å². The summed E-state index contributed by atoms with van der Waals surface area (Å²) < 4.78 is 29.7. The van der Waals surface area contributed by atoms with Gasteiger partial charge in [-0.15, -0.1) is 0 Å². The first-order valence-electron chi connectivity index (χ1n) is 3.09. The van der Waals surface area contributed by atoms with E-state index in [4.69, 9.17) is 9.66 Å². The Morgan fingerprint density at radius 3 is 2.00 bits per heavy atom. The van der Waals surface area contributed by atoms with Gasteiger partial charge in [-0.25, -0.2) is 0 Å². The normalized spacial score (nSPS) is 14.7. The number of aliphatic carboxylic acids is 1. The third-order valence-corrected chi connectivity index (χ3v) is 2.54. The van der Waals surface area contributed by atoms with Crippen LogP contribution >= 0.6 is 0 Å². The van der Waals surface area contributed by atoms with E-state index in [-0.39, 0.29) is 0 Å². The topological polar surface area (TPSA) is 94.9 Å². The average molecular weight is 197 g/mol. The molecular formula is C5H11NO5S. The molecule has 0 fully saturated rings. The molecule has 72 valence electrons. The summed E-state index contributed by atoms with van der Waals surface area (Å²) in [5, 5.41) is 6.91. The lowest BCUT2D eigenvalue weighted by Crippen LogP contribution is -2.37. The Morgan fingerprint density at radius 2 is 1.92 bits per heavy atom. The maximum Gasteiger partial charge on any atom is 0.306 e. The van der Waals surface area contributed by atoms with Crippen LogP contribution in [0.25, 0.3) is 0 Å². The largest absolute Gasteiger partial charge is 0.481 e. The van der Waals surface area contributed by atoms with Gasteiger partial charge < -0.3 is 5.11 Å². The summed E-state index contributed by atoms with van der Waals surface area (Å²) in [6.07, 6.45) is -0.633. The Kier molecular flexibility index (Phi) is 3.62. The highest BCUT2D eigenvalue weighted by Gasteiger charge is 2.27. The van der Waals surface area contributed by atoms with Crippen LogP contribution in [0.3, 0.4) is 0 Å². The van der Waals surface area contributed by atoms with Gasteiger partial charge in [0.15, 0.2) is 0 Å². The molecule has 0 aromatic carbocycles. The number of carboxylic acids is 1. The van der Waals surface area contributed by atoms with E-state index in [1.165, 1.54) is 14.1 Å². The second kappa shape index (κ2) is 3.83. The van der Waals surface area contributed by atoms with E-state index in [0.29, 0.717) is 0 Å².